The van der Waals surface area contributed by atoms with E-state index in [2.05, 4.69) is 45.9 Å². The van der Waals surface area contributed by atoms with E-state index in [-0.39, 0.29) is 0 Å². The Labute approximate surface area is 136 Å². The molecular weight excluding hydrogens is 272 g/mol. The zero-order chi connectivity index (χ0) is 16.8. The largest absolute Gasteiger partial charge is 0.389 e. The van der Waals surface area contributed by atoms with Crippen LogP contribution in [0.15, 0.2) is 35.5 Å². The van der Waals surface area contributed by atoms with Gasteiger partial charge in [0.1, 0.15) is 5.60 Å². The maximum atomic E-state index is 10.5. The molecule has 0 spiro atoms. The number of aliphatic hydroxyl groups is 2. The fourth-order valence-electron chi connectivity index (χ4n) is 2.78. The SMILES string of the molecule is C/C1=C\C[C@@H](O)[C@@](C)(O)/C=C/[C@H](C(C)C)CC/C(C)=C/CC1. The Bertz CT molecular complexity index is 427. The summed E-state index contributed by atoms with van der Waals surface area (Å²) in [4.78, 5) is 0. The number of hydrogen-bond acceptors (Lipinski definition) is 2. The Morgan fingerprint density at radius 1 is 1.14 bits per heavy atom. The van der Waals surface area contributed by atoms with Crippen molar-refractivity contribution < 1.29 is 10.2 Å². The van der Waals surface area contributed by atoms with Crippen LogP contribution in [0.5, 0.6) is 0 Å². The van der Waals surface area contributed by atoms with Crippen LogP contribution in [0.3, 0.4) is 0 Å². The summed E-state index contributed by atoms with van der Waals surface area (Å²) in [6.45, 7) is 10.4. The molecule has 0 saturated carbocycles. The van der Waals surface area contributed by atoms with Gasteiger partial charge in [0.25, 0.3) is 0 Å². The van der Waals surface area contributed by atoms with E-state index in [0.29, 0.717) is 18.3 Å². The molecule has 0 radical (unpaired) electrons. The first-order valence-electron chi connectivity index (χ1n) is 8.63. The van der Waals surface area contributed by atoms with Gasteiger partial charge in [-0.15, -0.1) is 0 Å². The van der Waals surface area contributed by atoms with Crippen LogP contribution in [0.25, 0.3) is 0 Å². The molecule has 126 valence electrons. The second-order valence-electron chi connectivity index (χ2n) is 7.42. The maximum absolute atomic E-state index is 10.5. The van der Waals surface area contributed by atoms with Crippen molar-refractivity contribution >= 4 is 0 Å². The highest BCUT2D eigenvalue weighted by Gasteiger charge is 2.27. The molecule has 2 nitrogen and oxygen atoms in total. The lowest BCUT2D eigenvalue weighted by atomic mass is 9.86. The van der Waals surface area contributed by atoms with Crippen molar-refractivity contribution in [2.45, 2.75) is 78.4 Å². The molecule has 0 heterocycles. The first-order valence-corrected chi connectivity index (χ1v) is 8.63. The van der Waals surface area contributed by atoms with E-state index in [4.69, 9.17) is 0 Å². The third kappa shape index (κ3) is 6.50. The van der Waals surface area contributed by atoms with Gasteiger partial charge in [0.05, 0.1) is 6.10 Å². The highest BCUT2D eigenvalue weighted by Crippen LogP contribution is 2.25. The summed E-state index contributed by atoms with van der Waals surface area (Å²) < 4.78 is 0. The highest BCUT2D eigenvalue weighted by atomic mass is 16.3. The molecule has 0 aliphatic heterocycles. The van der Waals surface area contributed by atoms with E-state index in [1.807, 2.05) is 0 Å². The maximum Gasteiger partial charge on any atom is 0.106 e. The summed E-state index contributed by atoms with van der Waals surface area (Å²) in [6, 6.07) is 0. The second kappa shape index (κ2) is 8.69. The van der Waals surface area contributed by atoms with Gasteiger partial charge in [-0.05, 0) is 64.7 Å². The van der Waals surface area contributed by atoms with Crippen LogP contribution in [0.2, 0.25) is 0 Å². The lowest BCUT2D eigenvalue weighted by molar-refractivity contribution is -0.0244. The predicted molar refractivity (Wildman–Crippen MR) is 94.7 cm³/mol. The van der Waals surface area contributed by atoms with Gasteiger partial charge >= 0.3 is 0 Å². The molecule has 3 atom stereocenters. The summed E-state index contributed by atoms with van der Waals surface area (Å²) >= 11 is 0. The van der Waals surface area contributed by atoms with Gasteiger partial charge in [0.2, 0.25) is 0 Å². The van der Waals surface area contributed by atoms with Crippen molar-refractivity contribution in [1.82, 2.24) is 0 Å². The average Bonchev–Trinajstić information content (AvgIpc) is 2.43. The van der Waals surface area contributed by atoms with Gasteiger partial charge in [0, 0.05) is 0 Å². The molecule has 0 unspecified atom stereocenters. The van der Waals surface area contributed by atoms with Crippen molar-refractivity contribution in [3.63, 3.8) is 0 Å². The molecule has 0 aromatic carbocycles. The molecule has 0 amide bonds. The number of allylic oxidation sites excluding steroid dienone is 4. The molecule has 1 rings (SSSR count). The van der Waals surface area contributed by atoms with Crippen molar-refractivity contribution in [2.24, 2.45) is 11.8 Å². The van der Waals surface area contributed by atoms with Crippen LogP contribution < -0.4 is 0 Å². The van der Waals surface area contributed by atoms with Crippen LogP contribution in [0.1, 0.15) is 66.7 Å². The summed E-state index contributed by atoms with van der Waals surface area (Å²) in [5.41, 5.74) is 1.56. The van der Waals surface area contributed by atoms with E-state index < -0.39 is 11.7 Å². The van der Waals surface area contributed by atoms with Gasteiger partial charge < -0.3 is 10.2 Å². The lowest BCUT2D eigenvalue weighted by Crippen LogP contribution is -2.37. The smallest absolute Gasteiger partial charge is 0.106 e. The van der Waals surface area contributed by atoms with Gasteiger partial charge in [-0.3, -0.25) is 0 Å². The fourth-order valence-corrected chi connectivity index (χ4v) is 2.78. The van der Waals surface area contributed by atoms with Gasteiger partial charge in [0.15, 0.2) is 0 Å². The average molecular weight is 306 g/mol. The number of hydrogen-bond donors (Lipinski definition) is 2. The first-order chi connectivity index (χ1) is 10.2. The van der Waals surface area contributed by atoms with E-state index in [1.165, 1.54) is 11.1 Å². The topological polar surface area (TPSA) is 40.5 Å². The van der Waals surface area contributed by atoms with Gasteiger partial charge in [-0.2, -0.15) is 0 Å². The molecular formula is C20H34O2. The highest BCUT2D eigenvalue weighted by molar-refractivity contribution is 5.10. The van der Waals surface area contributed by atoms with Crippen LogP contribution >= 0.6 is 0 Å². The molecule has 1 aliphatic rings. The third-order valence-corrected chi connectivity index (χ3v) is 4.80. The van der Waals surface area contributed by atoms with Crippen molar-refractivity contribution in [3.05, 3.63) is 35.5 Å². The zero-order valence-corrected chi connectivity index (χ0v) is 15.0. The summed E-state index contributed by atoms with van der Waals surface area (Å²) in [5, 5.41) is 20.8. The Morgan fingerprint density at radius 3 is 2.41 bits per heavy atom. The van der Waals surface area contributed by atoms with Crippen LogP contribution in [0.4, 0.5) is 0 Å². The standard InChI is InChI=1S/C20H34O2/c1-15(2)18-11-9-16(3)7-6-8-17(4)10-12-19(21)20(5,22)14-13-18/h7,10,13-15,18-19,21-22H,6,8-9,11-12H2,1-5H3/b14-13+,16-7+,17-10+/t18-,19-,20+/m1/s1. The number of aliphatic hydroxyl groups excluding tert-OH is 1. The molecule has 0 aromatic heterocycles. The minimum atomic E-state index is -1.17. The quantitative estimate of drug-likeness (QED) is 0.684. The number of rotatable bonds is 1. The van der Waals surface area contributed by atoms with Gasteiger partial charge in [-0.25, -0.2) is 0 Å². The van der Waals surface area contributed by atoms with Crippen molar-refractivity contribution in [1.29, 1.82) is 0 Å². The second-order valence-corrected chi connectivity index (χ2v) is 7.42. The summed E-state index contributed by atoms with van der Waals surface area (Å²) in [6.07, 6.45) is 12.3. The molecule has 2 heteroatoms. The molecule has 0 aromatic rings. The molecule has 0 saturated heterocycles. The Balaban J connectivity index is 2.98. The first kappa shape index (κ1) is 19.2. The van der Waals surface area contributed by atoms with E-state index in [1.54, 1.807) is 13.0 Å². The minimum absolute atomic E-state index is 0.433. The Hall–Kier alpha value is -0.860. The predicted octanol–water partition coefficient (Wildman–Crippen LogP) is 4.78. The molecule has 0 bridgehead atoms. The van der Waals surface area contributed by atoms with Crippen LogP contribution in [-0.4, -0.2) is 21.9 Å². The molecule has 2 N–H and O–H groups in total. The lowest BCUT2D eigenvalue weighted by Gasteiger charge is -2.27. The minimum Gasteiger partial charge on any atom is -0.389 e. The van der Waals surface area contributed by atoms with E-state index in [9.17, 15) is 10.2 Å². The van der Waals surface area contributed by atoms with E-state index in [0.717, 1.165) is 25.7 Å². The summed E-state index contributed by atoms with van der Waals surface area (Å²) in [5.74, 6) is 0.967. The Kier molecular flexibility index (Phi) is 7.58. The fraction of sp³-hybridized carbons (Fsp3) is 0.700. The zero-order valence-electron chi connectivity index (χ0n) is 15.0. The van der Waals surface area contributed by atoms with Crippen LogP contribution in [-0.2, 0) is 0 Å². The van der Waals surface area contributed by atoms with E-state index >= 15 is 0 Å². The normalized spacial score (nSPS) is 38.5. The summed E-state index contributed by atoms with van der Waals surface area (Å²) in [7, 11) is 0. The third-order valence-electron chi connectivity index (χ3n) is 4.80. The van der Waals surface area contributed by atoms with Crippen molar-refractivity contribution in [3.8, 4) is 0 Å². The van der Waals surface area contributed by atoms with Crippen molar-refractivity contribution in [2.75, 3.05) is 0 Å². The molecule has 0 fully saturated rings. The Morgan fingerprint density at radius 2 is 1.77 bits per heavy atom. The monoisotopic (exact) mass is 306 g/mol. The van der Waals surface area contributed by atoms with Gasteiger partial charge in [-0.1, -0.05) is 49.3 Å². The van der Waals surface area contributed by atoms with Crippen LogP contribution in [0, 0.1) is 11.8 Å². The molecule has 22 heavy (non-hydrogen) atoms. The molecule has 1 aliphatic carbocycles.